The van der Waals surface area contributed by atoms with Gasteiger partial charge in [0.2, 0.25) is 15.9 Å². The Hall–Kier alpha value is -2.13. The first kappa shape index (κ1) is 19.6. The van der Waals surface area contributed by atoms with Crippen LogP contribution in [0.2, 0.25) is 0 Å². The van der Waals surface area contributed by atoms with Crippen LogP contribution in [0.4, 0.5) is 10.5 Å². The second-order valence-corrected chi connectivity index (χ2v) is 9.22. The van der Waals surface area contributed by atoms with E-state index in [-0.39, 0.29) is 18.6 Å². The van der Waals surface area contributed by atoms with Crippen molar-refractivity contribution in [1.29, 1.82) is 0 Å². The molecule has 4 N–H and O–H groups in total. The Balaban J connectivity index is 1.62. The van der Waals surface area contributed by atoms with Gasteiger partial charge in [0.1, 0.15) is 0 Å². The number of benzene rings is 1. The Morgan fingerprint density at radius 1 is 1.11 bits per heavy atom. The van der Waals surface area contributed by atoms with Crippen LogP contribution in [0.25, 0.3) is 0 Å². The number of piperidine rings is 1. The molecule has 1 aromatic rings. The van der Waals surface area contributed by atoms with Crippen LogP contribution in [0.15, 0.2) is 24.3 Å². The maximum absolute atomic E-state index is 12.7. The van der Waals surface area contributed by atoms with Gasteiger partial charge in [0, 0.05) is 30.4 Å². The van der Waals surface area contributed by atoms with Crippen LogP contribution in [0, 0.1) is 0 Å². The van der Waals surface area contributed by atoms with Crippen molar-refractivity contribution in [2.75, 3.05) is 18.4 Å². The van der Waals surface area contributed by atoms with Gasteiger partial charge >= 0.3 is 6.03 Å². The molecule has 148 valence electrons. The number of amides is 3. The largest absolute Gasteiger partial charge is 0.366 e. The van der Waals surface area contributed by atoms with Crippen LogP contribution in [0.5, 0.6) is 0 Å². The second kappa shape index (κ2) is 8.26. The average molecular weight is 394 g/mol. The minimum absolute atomic E-state index is 0.0238. The van der Waals surface area contributed by atoms with E-state index < -0.39 is 21.2 Å². The Kier molecular flexibility index (Phi) is 6.01. The quantitative estimate of drug-likeness (QED) is 0.703. The molecule has 1 saturated carbocycles. The molecule has 1 saturated heterocycles. The van der Waals surface area contributed by atoms with Crippen LogP contribution in [0.3, 0.4) is 0 Å². The molecule has 1 aliphatic carbocycles. The molecule has 27 heavy (non-hydrogen) atoms. The van der Waals surface area contributed by atoms with E-state index in [4.69, 9.17) is 5.73 Å². The molecule has 0 spiro atoms. The number of nitrogens with zero attached hydrogens (tertiary/aromatic N) is 1. The number of carbonyl (C=O) groups is 2. The van der Waals surface area contributed by atoms with Crippen molar-refractivity contribution in [3.63, 3.8) is 0 Å². The van der Waals surface area contributed by atoms with Crippen molar-refractivity contribution in [2.45, 2.75) is 49.8 Å². The van der Waals surface area contributed by atoms with Crippen LogP contribution in [-0.2, 0) is 10.0 Å². The summed E-state index contributed by atoms with van der Waals surface area (Å²) in [6, 6.07) is 6.00. The monoisotopic (exact) mass is 394 g/mol. The predicted octanol–water partition coefficient (Wildman–Crippen LogP) is 1.64. The van der Waals surface area contributed by atoms with Gasteiger partial charge in [-0.15, -0.1) is 0 Å². The van der Waals surface area contributed by atoms with E-state index in [1.807, 2.05) is 0 Å². The third-order valence-corrected chi connectivity index (χ3v) is 7.11. The third-order valence-electron chi connectivity index (χ3n) is 5.19. The maximum atomic E-state index is 12.7. The number of primary amides is 1. The lowest BCUT2D eigenvalue weighted by atomic mass is 10.1. The molecule has 1 atom stereocenters. The predicted molar refractivity (Wildman–Crippen MR) is 103 cm³/mol. The molecule has 0 radical (unpaired) electrons. The molecule has 3 rings (SSSR count). The number of nitrogens with one attached hydrogen (secondary N) is 2. The highest BCUT2D eigenvalue weighted by molar-refractivity contribution is 7.90. The molecular weight excluding hydrogens is 368 g/mol. The summed E-state index contributed by atoms with van der Waals surface area (Å²) in [5.41, 5.74) is 6.00. The molecule has 2 fully saturated rings. The molecule has 1 aliphatic heterocycles. The molecule has 0 aromatic heterocycles. The Morgan fingerprint density at radius 3 is 2.56 bits per heavy atom. The zero-order valence-electron chi connectivity index (χ0n) is 15.2. The number of hydrogen-bond acceptors (Lipinski definition) is 4. The van der Waals surface area contributed by atoms with Crippen LogP contribution in [-0.4, -0.2) is 49.6 Å². The Morgan fingerprint density at radius 2 is 1.85 bits per heavy atom. The number of urea groups is 1. The van der Waals surface area contributed by atoms with Gasteiger partial charge in [0.15, 0.2) is 0 Å². The molecular formula is C18H26N4O4S. The van der Waals surface area contributed by atoms with Crippen molar-refractivity contribution in [1.82, 2.24) is 9.62 Å². The lowest BCUT2D eigenvalue weighted by Crippen LogP contribution is -2.50. The van der Waals surface area contributed by atoms with Crippen molar-refractivity contribution in [3.05, 3.63) is 29.8 Å². The van der Waals surface area contributed by atoms with Crippen molar-refractivity contribution < 1.29 is 18.0 Å². The van der Waals surface area contributed by atoms with Crippen molar-refractivity contribution in [2.24, 2.45) is 5.73 Å². The summed E-state index contributed by atoms with van der Waals surface area (Å²) >= 11 is 0. The topological polar surface area (TPSA) is 122 Å². The van der Waals surface area contributed by atoms with Gasteiger partial charge in [0.05, 0.1) is 5.25 Å². The van der Waals surface area contributed by atoms with E-state index in [1.165, 1.54) is 11.0 Å². The Bertz CT molecular complexity index is 805. The van der Waals surface area contributed by atoms with Gasteiger partial charge in [-0.3, -0.25) is 4.79 Å². The summed E-state index contributed by atoms with van der Waals surface area (Å²) in [6.07, 6.45) is 5.04. The lowest BCUT2D eigenvalue weighted by Gasteiger charge is -2.33. The first-order valence-electron chi connectivity index (χ1n) is 9.32. The van der Waals surface area contributed by atoms with Gasteiger partial charge in [-0.25, -0.2) is 17.9 Å². The average Bonchev–Trinajstić information content (AvgIpc) is 3.14. The highest BCUT2D eigenvalue weighted by atomic mass is 32.2. The van der Waals surface area contributed by atoms with Crippen LogP contribution < -0.4 is 15.8 Å². The van der Waals surface area contributed by atoms with Gasteiger partial charge < -0.3 is 16.0 Å². The van der Waals surface area contributed by atoms with E-state index in [1.54, 1.807) is 18.2 Å². The summed E-state index contributed by atoms with van der Waals surface area (Å²) < 4.78 is 28.2. The summed E-state index contributed by atoms with van der Waals surface area (Å²) in [5, 5.41) is 2.11. The van der Waals surface area contributed by atoms with E-state index >= 15 is 0 Å². The summed E-state index contributed by atoms with van der Waals surface area (Å²) in [4.78, 5) is 25.3. The zero-order valence-corrected chi connectivity index (χ0v) is 16.0. The van der Waals surface area contributed by atoms with E-state index in [9.17, 15) is 18.0 Å². The number of hydrogen-bond donors (Lipinski definition) is 3. The molecule has 1 aromatic carbocycles. The maximum Gasteiger partial charge on any atom is 0.321 e. The van der Waals surface area contributed by atoms with Gasteiger partial charge in [-0.1, -0.05) is 18.9 Å². The van der Waals surface area contributed by atoms with Gasteiger partial charge in [-0.05, 0) is 43.9 Å². The van der Waals surface area contributed by atoms with E-state index in [0.717, 1.165) is 25.7 Å². The fraction of sp³-hybridized carbons (Fsp3) is 0.556. The SMILES string of the molecule is NC(=O)c1cccc(NC(=O)N2CCC[C@@H](S(=O)(=O)NC3CCCC3)C2)c1. The highest BCUT2D eigenvalue weighted by Crippen LogP contribution is 2.22. The van der Waals surface area contributed by atoms with Crippen molar-refractivity contribution in [3.8, 4) is 0 Å². The number of nitrogens with two attached hydrogens (primary N) is 1. The number of anilines is 1. The van der Waals surface area contributed by atoms with Gasteiger partial charge in [0.25, 0.3) is 0 Å². The number of carbonyl (C=O) groups excluding carboxylic acids is 2. The van der Waals surface area contributed by atoms with Crippen LogP contribution >= 0.6 is 0 Å². The smallest absolute Gasteiger partial charge is 0.321 e. The summed E-state index contributed by atoms with van der Waals surface area (Å²) in [5.74, 6) is -0.576. The van der Waals surface area contributed by atoms with Gasteiger partial charge in [-0.2, -0.15) is 0 Å². The van der Waals surface area contributed by atoms with Crippen LogP contribution in [0.1, 0.15) is 48.9 Å². The molecule has 1 heterocycles. The number of sulfonamides is 1. The molecule has 3 amide bonds. The number of rotatable bonds is 5. The highest BCUT2D eigenvalue weighted by Gasteiger charge is 2.34. The first-order chi connectivity index (χ1) is 12.8. The van der Waals surface area contributed by atoms with Crippen molar-refractivity contribution >= 4 is 27.6 Å². The molecule has 2 aliphatic rings. The standard InChI is InChI=1S/C18H26N4O4S/c19-17(23)13-5-3-8-15(11-13)20-18(24)22-10-4-9-16(12-22)27(25,26)21-14-6-1-2-7-14/h3,5,8,11,14,16,21H,1-2,4,6-7,9-10,12H2,(H2,19,23)(H,20,24)/t16-/m1/s1. The first-order valence-corrected chi connectivity index (χ1v) is 10.9. The number of likely N-dealkylation sites (tertiary alicyclic amines) is 1. The fourth-order valence-corrected chi connectivity index (χ4v) is 5.45. The molecule has 9 heteroatoms. The molecule has 8 nitrogen and oxygen atoms in total. The zero-order chi connectivity index (χ0) is 19.4. The third kappa shape index (κ3) is 4.98. The fourth-order valence-electron chi connectivity index (χ4n) is 3.70. The lowest BCUT2D eigenvalue weighted by molar-refractivity contribution is 0.1000. The van der Waals surface area contributed by atoms with E-state index in [2.05, 4.69) is 10.0 Å². The summed E-state index contributed by atoms with van der Waals surface area (Å²) in [6.45, 7) is 0.653. The van der Waals surface area contributed by atoms with E-state index in [0.29, 0.717) is 30.6 Å². The Labute approximate surface area is 159 Å². The normalized spacial score (nSPS) is 21.2. The molecule has 0 unspecified atom stereocenters. The minimum atomic E-state index is -3.46. The summed E-state index contributed by atoms with van der Waals surface area (Å²) in [7, 11) is -3.46. The minimum Gasteiger partial charge on any atom is -0.366 e. The molecule has 0 bridgehead atoms. The second-order valence-electron chi connectivity index (χ2n) is 7.23.